The predicted molar refractivity (Wildman–Crippen MR) is 101 cm³/mol. The Morgan fingerprint density at radius 3 is 2.44 bits per heavy atom. The molecule has 25 heavy (non-hydrogen) atoms. The van der Waals surface area contributed by atoms with Crippen molar-refractivity contribution in [1.82, 2.24) is 15.5 Å². The molecule has 1 aromatic rings. The molecule has 0 saturated carbocycles. The van der Waals surface area contributed by atoms with Crippen molar-refractivity contribution in [1.29, 1.82) is 0 Å². The number of nitrogens with one attached hydrogen (secondary N) is 2. The Morgan fingerprint density at radius 2 is 1.88 bits per heavy atom. The highest BCUT2D eigenvalue weighted by Gasteiger charge is 2.11. The maximum atomic E-state index is 13.5. The molecule has 0 aliphatic carbocycles. The molecule has 8 heteroatoms. The first-order chi connectivity index (χ1) is 11.8. The third kappa shape index (κ3) is 8.31. The summed E-state index contributed by atoms with van der Waals surface area (Å²) < 4.78 is 36.6. The van der Waals surface area contributed by atoms with Crippen LogP contribution in [-0.4, -0.2) is 58.8 Å². The number of aliphatic imine (C=N–C) groups is 1. The molecule has 0 spiro atoms. The summed E-state index contributed by atoms with van der Waals surface area (Å²) >= 11 is 0. The van der Waals surface area contributed by atoms with Gasteiger partial charge < -0.3 is 15.5 Å². The molecule has 142 valence electrons. The Bertz CT molecular complexity index is 673. The van der Waals surface area contributed by atoms with E-state index in [2.05, 4.69) is 34.4 Å². The molecular weight excluding hydrogens is 343 g/mol. The van der Waals surface area contributed by atoms with Crippen molar-refractivity contribution in [3.8, 4) is 0 Å². The van der Waals surface area contributed by atoms with E-state index in [0.717, 1.165) is 26.2 Å². The monoisotopic (exact) mass is 372 g/mol. The Morgan fingerprint density at radius 1 is 1.20 bits per heavy atom. The minimum Gasteiger partial charge on any atom is -0.355 e. The maximum Gasteiger partial charge on any atom is 0.191 e. The Kier molecular flexibility index (Phi) is 8.85. The number of hydrogen-bond donors (Lipinski definition) is 2. The molecule has 0 heterocycles. The van der Waals surface area contributed by atoms with Crippen LogP contribution in [0.15, 0.2) is 23.2 Å². The summed E-state index contributed by atoms with van der Waals surface area (Å²) in [5.74, 6) is 0.0958. The van der Waals surface area contributed by atoms with Crippen molar-refractivity contribution in [2.45, 2.75) is 26.1 Å². The van der Waals surface area contributed by atoms with Gasteiger partial charge in [0.2, 0.25) is 0 Å². The molecular formula is C17H29FN4O2S. The summed E-state index contributed by atoms with van der Waals surface area (Å²) in [4.78, 5) is 6.43. The lowest BCUT2D eigenvalue weighted by atomic mass is 10.1. The average Bonchev–Trinajstić information content (AvgIpc) is 2.55. The number of likely N-dealkylation sites (N-methyl/N-ethyl adjacent to an activating group) is 1. The lowest BCUT2D eigenvalue weighted by Crippen LogP contribution is -2.41. The van der Waals surface area contributed by atoms with Gasteiger partial charge in [0.15, 0.2) is 15.8 Å². The van der Waals surface area contributed by atoms with Crippen molar-refractivity contribution < 1.29 is 12.8 Å². The molecule has 0 unspecified atom stereocenters. The van der Waals surface area contributed by atoms with Crippen molar-refractivity contribution in [2.24, 2.45) is 4.99 Å². The normalized spacial score (nSPS) is 12.5. The van der Waals surface area contributed by atoms with E-state index < -0.39 is 15.7 Å². The first-order valence-corrected chi connectivity index (χ1v) is 10.5. The van der Waals surface area contributed by atoms with Gasteiger partial charge in [0, 0.05) is 32.9 Å². The Labute approximate surface area is 150 Å². The van der Waals surface area contributed by atoms with Crippen molar-refractivity contribution in [3.63, 3.8) is 0 Å². The molecule has 0 aliphatic heterocycles. The predicted octanol–water partition coefficient (Wildman–Crippen LogP) is 1.38. The summed E-state index contributed by atoms with van der Waals surface area (Å²) in [7, 11) is -1.53. The summed E-state index contributed by atoms with van der Waals surface area (Å²) in [5.41, 5.74) is 1.20. The van der Waals surface area contributed by atoms with Gasteiger partial charge in [-0.3, -0.25) is 4.99 Å². The molecule has 0 fully saturated rings. The quantitative estimate of drug-likeness (QED) is 0.506. The second-order valence-corrected chi connectivity index (χ2v) is 8.00. The number of rotatable bonds is 9. The minimum atomic E-state index is -3.19. The van der Waals surface area contributed by atoms with Crippen LogP contribution in [0, 0.1) is 5.82 Å². The zero-order valence-electron chi connectivity index (χ0n) is 15.5. The van der Waals surface area contributed by atoms with Crippen LogP contribution >= 0.6 is 0 Å². The highest BCUT2D eigenvalue weighted by Crippen LogP contribution is 2.14. The number of guanidine groups is 1. The van der Waals surface area contributed by atoms with E-state index in [4.69, 9.17) is 0 Å². The molecule has 1 aromatic carbocycles. The van der Waals surface area contributed by atoms with E-state index in [1.54, 1.807) is 7.05 Å². The molecule has 0 atom stereocenters. The molecule has 6 nitrogen and oxygen atoms in total. The molecule has 0 aromatic heterocycles. The van der Waals surface area contributed by atoms with Gasteiger partial charge in [0.25, 0.3) is 0 Å². The average molecular weight is 373 g/mol. The fraction of sp³-hybridized carbons (Fsp3) is 0.588. The van der Waals surface area contributed by atoms with Gasteiger partial charge in [-0.15, -0.1) is 0 Å². The minimum absolute atomic E-state index is 0.113. The molecule has 0 saturated heterocycles. The van der Waals surface area contributed by atoms with Crippen molar-refractivity contribution >= 4 is 15.8 Å². The molecule has 0 aliphatic rings. The second kappa shape index (κ2) is 10.4. The molecule has 0 bridgehead atoms. The van der Waals surface area contributed by atoms with Crippen LogP contribution in [0.4, 0.5) is 4.39 Å². The van der Waals surface area contributed by atoms with Crippen molar-refractivity contribution in [3.05, 3.63) is 35.1 Å². The lowest BCUT2D eigenvalue weighted by Gasteiger charge is -2.19. The number of sulfone groups is 1. The first-order valence-electron chi connectivity index (χ1n) is 8.41. The number of benzene rings is 1. The van der Waals surface area contributed by atoms with Crippen LogP contribution < -0.4 is 10.6 Å². The second-order valence-electron chi connectivity index (χ2n) is 5.86. The van der Waals surface area contributed by atoms with Gasteiger partial charge in [0.05, 0.1) is 5.75 Å². The number of halogens is 1. The Hall–Kier alpha value is -1.67. The maximum absolute atomic E-state index is 13.5. The topological polar surface area (TPSA) is 73.8 Å². The van der Waals surface area contributed by atoms with Gasteiger partial charge in [0.1, 0.15) is 5.82 Å². The van der Waals surface area contributed by atoms with Crippen LogP contribution in [0.1, 0.15) is 25.0 Å². The van der Waals surface area contributed by atoms with Gasteiger partial charge in [-0.2, -0.15) is 0 Å². The largest absolute Gasteiger partial charge is 0.355 e. The van der Waals surface area contributed by atoms with Crippen LogP contribution in [-0.2, 0) is 22.1 Å². The van der Waals surface area contributed by atoms with Gasteiger partial charge >= 0.3 is 0 Å². The summed E-state index contributed by atoms with van der Waals surface area (Å²) in [6, 6.07) is 4.15. The summed E-state index contributed by atoms with van der Waals surface area (Å²) in [5, 5.41) is 6.31. The lowest BCUT2D eigenvalue weighted by molar-refractivity contribution is 0.308. The zero-order valence-corrected chi connectivity index (χ0v) is 16.3. The number of nitrogens with zero attached hydrogens (tertiary/aromatic N) is 2. The van der Waals surface area contributed by atoms with Crippen LogP contribution in [0.25, 0.3) is 0 Å². The standard InChI is InChI=1S/C17H29FN4O2S/c1-5-22(6-2)10-9-20-17(19-3)21-12-15-11-16(18)8-7-14(15)13-25(4,23)24/h7-8,11H,5-6,9-10,12-13H2,1-4H3,(H2,19,20,21). The first kappa shape index (κ1) is 21.4. The van der Waals surface area contributed by atoms with Crippen LogP contribution in [0.5, 0.6) is 0 Å². The van der Waals surface area contributed by atoms with Crippen LogP contribution in [0.3, 0.4) is 0 Å². The molecule has 0 amide bonds. The Balaban J connectivity index is 2.67. The van der Waals surface area contributed by atoms with E-state index >= 15 is 0 Å². The van der Waals surface area contributed by atoms with E-state index in [0.29, 0.717) is 23.6 Å². The van der Waals surface area contributed by atoms with Gasteiger partial charge in [-0.1, -0.05) is 19.9 Å². The molecule has 0 radical (unpaired) electrons. The number of hydrogen-bond acceptors (Lipinski definition) is 4. The third-order valence-electron chi connectivity index (χ3n) is 3.87. The highest BCUT2D eigenvalue weighted by atomic mass is 32.2. The van der Waals surface area contributed by atoms with Gasteiger partial charge in [-0.25, -0.2) is 12.8 Å². The van der Waals surface area contributed by atoms with Gasteiger partial charge in [-0.05, 0) is 36.3 Å². The van der Waals surface area contributed by atoms with Crippen LogP contribution in [0.2, 0.25) is 0 Å². The SMILES string of the molecule is CCN(CC)CCNC(=NC)NCc1cc(F)ccc1CS(C)(=O)=O. The van der Waals surface area contributed by atoms with E-state index in [-0.39, 0.29) is 5.75 Å². The molecule has 1 rings (SSSR count). The van der Waals surface area contributed by atoms with Crippen molar-refractivity contribution in [2.75, 3.05) is 39.5 Å². The zero-order chi connectivity index (χ0) is 18.9. The highest BCUT2D eigenvalue weighted by molar-refractivity contribution is 7.89. The smallest absolute Gasteiger partial charge is 0.191 e. The summed E-state index contributed by atoms with van der Waals surface area (Å²) in [6.07, 6.45) is 1.17. The van der Waals surface area contributed by atoms with E-state index in [9.17, 15) is 12.8 Å². The fourth-order valence-corrected chi connectivity index (χ4v) is 3.30. The third-order valence-corrected chi connectivity index (χ3v) is 4.71. The summed E-state index contributed by atoms with van der Waals surface area (Å²) in [6.45, 7) is 8.14. The fourth-order valence-electron chi connectivity index (χ4n) is 2.45. The molecule has 2 N–H and O–H groups in total. The van der Waals surface area contributed by atoms with E-state index in [1.165, 1.54) is 24.5 Å². The van der Waals surface area contributed by atoms with E-state index in [1.807, 2.05) is 0 Å².